The zero-order valence-electron chi connectivity index (χ0n) is 8.40. The summed E-state index contributed by atoms with van der Waals surface area (Å²) in [6.45, 7) is 5.67. The van der Waals surface area contributed by atoms with Crippen molar-refractivity contribution in [2.75, 3.05) is 5.32 Å². The molecule has 0 aliphatic heterocycles. The second-order valence-corrected chi connectivity index (χ2v) is 2.99. The van der Waals surface area contributed by atoms with Crippen LogP contribution in [0.15, 0.2) is 66.9 Å². The number of anilines is 1. The first kappa shape index (κ1) is 10.3. The van der Waals surface area contributed by atoms with Crippen LogP contribution >= 0.6 is 0 Å². The molecule has 0 atom stereocenters. The maximum absolute atomic E-state index is 3.64. The highest BCUT2D eigenvalue weighted by molar-refractivity contribution is 5.45. The van der Waals surface area contributed by atoms with E-state index in [1.54, 1.807) is 6.08 Å². The number of hydrogen-bond donors (Lipinski definition) is 1. The highest BCUT2D eigenvalue weighted by Crippen LogP contribution is 2.05. The molecule has 0 amide bonds. The molecule has 1 aromatic rings. The van der Waals surface area contributed by atoms with Gasteiger partial charge in [-0.2, -0.15) is 0 Å². The minimum Gasteiger partial charge on any atom is -0.362 e. The van der Waals surface area contributed by atoms with Gasteiger partial charge in [-0.25, -0.2) is 0 Å². The Balaban J connectivity index is 2.49. The summed E-state index contributed by atoms with van der Waals surface area (Å²) >= 11 is 0. The van der Waals surface area contributed by atoms with Gasteiger partial charge < -0.3 is 5.32 Å². The molecule has 1 nitrogen and oxygen atoms in total. The number of benzene rings is 1. The largest absolute Gasteiger partial charge is 0.362 e. The minimum atomic E-state index is 1.09. The molecule has 0 saturated carbocycles. The van der Waals surface area contributed by atoms with Gasteiger partial charge in [0.15, 0.2) is 0 Å². The van der Waals surface area contributed by atoms with Crippen molar-refractivity contribution in [1.29, 1.82) is 0 Å². The Morgan fingerprint density at radius 1 is 1.29 bits per heavy atom. The average Bonchev–Trinajstić information content (AvgIpc) is 2.20. The van der Waals surface area contributed by atoms with Crippen molar-refractivity contribution in [3.63, 3.8) is 0 Å². The lowest BCUT2D eigenvalue weighted by Crippen LogP contribution is -1.85. The fourth-order valence-electron chi connectivity index (χ4n) is 1.05. The molecule has 1 heteroatoms. The van der Waals surface area contributed by atoms with Crippen molar-refractivity contribution in [3.8, 4) is 0 Å². The third-order valence-corrected chi connectivity index (χ3v) is 1.75. The van der Waals surface area contributed by atoms with Crippen LogP contribution in [-0.4, -0.2) is 0 Å². The average molecular weight is 185 g/mol. The number of hydrogen-bond acceptors (Lipinski definition) is 1. The highest BCUT2D eigenvalue weighted by atomic mass is 14.8. The topological polar surface area (TPSA) is 12.0 Å². The molecule has 0 spiro atoms. The maximum Gasteiger partial charge on any atom is 0.0379 e. The summed E-state index contributed by atoms with van der Waals surface area (Å²) in [7, 11) is 0. The molecule has 0 fully saturated rings. The molecule has 0 unspecified atom stereocenters. The van der Waals surface area contributed by atoms with Crippen molar-refractivity contribution < 1.29 is 0 Å². The summed E-state index contributed by atoms with van der Waals surface area (Å²) in [6, 6.07) is 10.1. The van der Waals surface area contributed by atoms with Crippen LogP contribution in [0.3, 0.4) is 0 Å². The van der Waals surface area contributed by atoms with Crippen LogP contribution in [-0.2, 0) is 0 Å². The summed E-state index contributed by atoms with van der Waals surface area (Å²) in [6.07, 6.45) is 7.67. The smallest absolute Gasteiger partial charge is 0.0379 e. The van der Waals surface area contributed by atoms with Crippen molar-refractivity contribution in [1.82, 2.24) is 0 Å². The van der Waals surface area contributed by atoms with Gasteiger partial charge in [0.2, 0.25) is 0 Å². The summed E-state index contributed by atoms with van der Waals surface area (Å²) in [4.78, 5) is 0. The van der Waals surface area contributed by atoms with Gasteiger partial charge >= 0.3 is 0 Å². The fourth-order valence-corrected chi connectivity index (χ4v) is 1.05. The number of rotatable bonds is 4. The minimum absolute atomic E-state index is 1.09. The van der Waals surface area contributed by atoms with Gasteiger partial charge in [-0.3, -0.25) is 0 Å². The Morgan fingerprint density at radius 3 is 2.64 bits per heavy atom. The van der Waals surface area contributed by atoms with Gasteiger partial charge in [-0.15, -0.1) is 0 Å². The lowest BCUT2D eigenvalue weighted by Gasteiger charge is -1.98. The lowest BCUT2D eigenvalue weighted by molar-refractivity contribution is 1.49. The standard InChI is InChI=1S/C13H15N/c1-3-7-12(2)10-11-14-13-8-5-4-6-9-13/h3-11,14H,1H2,2H3/b11-10+,12-7-. The highest BCUT2D eigenvalue weighted by Gasteiger charge is 1.83. The summed E-state index contributed by atoms with van der Waals surface area (Å²) < 4.78 is 0. The fraction of sp³-hybridized carbons (Fsp3) is 0.0769. The molecule has 1 N–H and O–H groups in total. The normalized spacial score (nSPS) is 11.6. The van der Waals surface area contributed by atoms with Gasteiger partial charge in [0.1, 0.15) is 0 Å². The second-order valence-electron chi connectivity index (χ2n) is 2.99. The van der Waals surface area contributed by atoms with E-state index in [1.807, 2.05) is 55.6 Å². The van der Waals surface area contributed by atoms with E-state index in [2.05, 4.69) is 11.9 Å². The van der Waals surface area contributed by atoms with E-state index in [4.69, 9.17) is 0 Å². The third kappa shape index (κ3) is 3.76. The molecule has 72 valence electrons. The molecule has 1 aromatic carbocycles. The zero-order valence-corrected chi connectivity index (χ0v) is 8.40. The number of allylic oxidation sites excluding steroid dienone is 4. The predicted octanol–water partition coefficient (Wildman–Crippen LogP) is 3.74. The molecular weight excluding hydrogens is 170 g/mol. The SMILES string of the molecule is C=C/C=C(C)\C=C\Nc1ccccc1. The van der Waals surface area contributed by atoms with Crippen LogP contribution in [0.4, 0.5) is 5.69 Å². The Morgan fingerprint density at radius 2 is 2.00 bits per heavy atom. The van der Waals surface area contributed by atoms with Crippen LogP contribution in [0, 0.1) is 0 Å². The van der Waals surface area contributed by atoms with Crippen LogP contribution in [0.1, 0.15) is 6.92 Å². The first-order chi connectivity index (χ1) is 6.83. The number of para-hydroxylation sites is 1. The van der Waals surface area contributed by atoms with Crippen molar-refractivity contribution in [2.45, 2.75) is 6.92 Å². The van der Waals surface area contributed by atoms with E-state index in [9.17, 15) is 0 Å². The molecule has 1 rings (SSSR count). The molecular formula is C13H15N. The van der Waals surface area contributed by atoms with E-state index in [1.165, 1.54) is 5.57 Å². The lowest BCUT2D eigenvalue weighted by atomic mass is 10.2. The zero-order chi connectivity index (χ0) is 10.2. The van der Waals surface area contributed by atoms with Crippen molar-refractivity contribution >= 4 is 5.69 Å². The van der Waals surface area contributed by atoms with Gasteiger partial charge in [0, 0.05) is 11.9 Å². The molecule has 0 bridgehead atoms. The molecule has 0 radical (unpaired) electrons. The quantitative estimate of drug-likeness (QED) is 0.704. The van der Waals surface area contributed by atoms with Crippen LogP contribution in [0.25, 0.3) is 0 Å². The number of nitrogens with one attached hydrogen (secondary N) is 1. The summed E-state index contributed by atoms with van der Waals surface area (Å²) in [5.74, 6) is 0. The summed E-state index contributed by atoms with van der Waals surface area (Å²) in [5, 5.41) is 3.18. The van der Waals surface area contributed by atoms with Crippen LogP contribution < -0.4 is 5.32 Å². The first-order valence-electron chi connectivity index (χ1n) is 4.60. The van der Waals surface area contributed by atoms with Gasteiger partial charge in [-0.05, 0) is 30.7 Å². The molecule has 0 saturated heterocycles. The van der Waals surface area contributed by atoms with Gasteiger partial charge in [0.05, 0.1) is 0 Å². The van der Waals surface area contributed by atoms with Crippen LogP contribution in [0.5, 0.6) is 0 Å². The third-order valence-electron chi connectivity index (χ3n) is 1.75. The van der Waals surface area contributed by atoms with E-state index in [0.29, 0.717) is 0 Å². The molecule has 0 aromatic heterocycles. The van der Waals surface area contributed by atoms with Gasteiger partial charge in [-0.1, -0.05) is 36.9 Å². The monoisotopic (exact) mass is 185 g/mol. The second kappa shape index (κ2) is 5.81. The first-order valence-corrected chi connectivity index (χ1v) is 4.60. The van der Waals surface area contributed by atoms with Crippen molar-refractivity contribution in [3.05, 3.63) is 66.9 Å². The Kier molecular flexibility index (Phi) is 4.29. The molecule has 0 aliphatic carbocycles. The van der Waals surface area contributed by atoms with E-state index in [-0.39, 0.29) is 0 Å². The molecule has 0 heterocycles. The Hall–Kier alpha value is -1.76. The summed E-state index contributed by atoms with van der Waals surface area (Å²) in [5.41, 5.74) is 2.26. The maximum atomic E-state index is 3.64. The molecule has 14 heavy (non-hydrogen) atoms. The van der Waals surface area contributed by atoms with E-state index in [0.717, 1.165) is 5.69 Å². The van der Waals surface area contributed by atoms with E-state index >= 15 is 0 Å². The Labute approximate surface area is 85.5 Å². The Bertz CT molecular complexity index is 334. The predicted molar refractivity (Wildman–Crippen MR) is 63.2 cm³/mol. The van der Waals surface area contributed by atoms with Crippen LogP contribution in [0.2, 0.25) is 0 Å². The van der Waals surface area contributed by atoms with E-state index < -0.39 is 0 Å². The van der Waals surface area contributed by atoms with Gasteiger partial charge in [0.25, 0.3) is 0 Å². The molecule has 0 aliphatic rings. The van der Waals surface area contributed by atoms with Crippen molar-refractivity contribution in [2.24, 2.45) is 0 Å².